The summed E-state index contributed by atoms with van der Waals surface area (Å²) in [6, 6.07) is 10.1. The number of ether oxygens (including phenoxy) is 1. The predicted molar refractivity (Wildman–Crippen MR) is 131 cm³/mol. The monoisotopic (exact) mass is 461 g/mol. The standard InChI is InChI=1S/C25H31N7O2/c1-16-14-22(31-32(16)24(33)34-25(2,3)4)29-21-15-20-19(6-5-13-27-20)23(30-21)28-18-9-7-17(8-10-18)11-12-26/h5-6,13-15,17-18H,7-11H2,1-4H3,(H2,28,29,30,31)/t17-,18-. The van der Waals surface area contributed by atoms with Crippen molar-refractivity contribution >= 4 is 34.4 Å². The Labute approximate surface area is 199 Å². The Morgan fingerprint density at radius 3 is 2.71 bits per heavy atom. The zero-order valence-electron chi connectivity index (χ0n) is 20.1. The molecule has 0 atom stereocenters. The predicted octanol–water partition coefficient (Wildman–Crippen LogP) is 5.55. The van der Waals surface area contributed by atoms with Crippen LogP contribution >= 0.6 is 0 Å². The van der Waals surface area contributed by atoms with E-state index in [0.717, 1.165) is 42.4 Å². The Morgan fingerprint density at radius 2 is 2.00 bits per heavy atom. The van der Waals surface area contributed by atoms with Crippen molar-refractivity contribution in [1.29, 1.82) is 5.26 Å². The van der Waals surface area contributed by atoms with Crippen LogP contribution in [0.4, 0.5) is 22.2 Å². The van der Waals surface area contributed by atoms with Gasteiger partial charge in [-0.15, -0.1) is 5.10 Å². The zero-order chi connectivity index (χ0) is 24.3. The van der Waals surface area contributed by atoms with E-state index in [1.165, 1.54) is 4.68 Å². The van der Waals surface area contributed by atoms with Gasteiger partial charge < -0.3 is 15.4 Å². The van der Waals surface area contributed by atoms with E-state index in [4.69, 9.17) is 15.0 Å². The third-order valence-corrected chi connectivity index (χ3v) is 5.88. The van der Waals surface area contributed by atoms with E-state index >= 15 is 0 Å². The first-order valence-corrected chi connectivity index (χ1v) is 11.7. The second kappa shape index (κ2) is 9.67. The Kier molecular flexibility index (Phi) is 6.68. The van der Waals surface area contributed by atoms with Crippen molar-refractivity contribution in [2.45, 2.75) is 71.4 Å². The van der Waals surface area contributed by atoms with Gasteiger partial charge in [-0.3, -0.25) is 4.98 Å². The lowest BCUT2D eigenvalue weighted by Gasteiger charge is -2.28. The number of anilines is 3. The third kappa shape index (κ3) is 5.63. The molecule has 0 radical (unpaired) electrons. The van der Waals surface area contributed by atoms with Gasteiger partial charge in [0.05, 0.1) is 11.6 Å². The van der Waals surface area contributed by atoms with Crippen LogP contribution in [-0.2, 0) is 4.74 Å². The Bertz CT molecular complexity index is 1210. The van der Waals surface area contributed by atoms with E-state index in [0.29, 0.717) is 35.7 Å². The average Bonchev–Trinajstić information content (AvgIpc) is 3.14. The maximum absolute atomic E-state index is 12.5. The minimum Gasteiger partial charge on any atom is -0.442 e. The van der Waals surface area contributed by atoms with Gasteiger partial charge in [0.25, 0.3) is 0 Å². The number of nitrogens with one attached hydrogen (secondary N) is 2. The van der Waals surface area contributed by atoms with E-state index in [9.17, 15) is 4.79 Å². The van der Waals surface area contributed by atoms with Gasteiger partial charge in [0.2, 0.25) is 0 Å². The molecule has 9 heteroatoms. The lowest BCUT2D eigenvalue weighted by molar-refractivity contribution is 0.0511. The van der Waals surface area contributed by atoms with Gasteiger partial charge in [0.1, 0.15) is 17.2 Å². The third-order valence-electron chi connectivity index (χ3n) is 5.88. The van der Waals surface area contributed by atoms with Crippen LogP contribution in [0.5, 0.6) is 0 Å². The highest BCUT2D eigenvalue weighted by molar-refractivity contribution is 5.91. The zero-order valence-corrected chi connectivity index (χ0v) is 20.1. The van der Waals surface area contributed by atoms with E-state index in [-0.39, 0.29) is 0 Å². The largest absolute Gasteiger partial charge is 0.442 e. The summed E-state index contributed by atoms with van der Waals surface area (Å²) in [7, 11) is 0. The first-order chi connectivity index (χ1) is 16.2. The topological polar surface area (TPSA) is 118 Å². The second-order valence-corrected chi connectivity index (χ2v) is 9.84. The number of carbonyl (C=O) groups excluding carboxylic acids is 1. The Morgan fingerprint density at radius 1 is 1.24 bits per heavy atom. The van der Waals surface area contributed by atoms with Crippen LogP contribution in [0.1, 0.15) is 58.6 Å². The molecule has 0 unspecified atom stereocenters. The Balaban J connectivity index is 1.55. The first-order valence-electron chi connectivity index (χ1n) is 11.7. The summed E-state index contributed by atoms with van der Waals surface area (Å²) in [4.78, 5) is 21.8. The van der Waals surface area contributed by atoms with Crippen LogP contribution < -0.4 is 10.6 Å². The molecule has 9 nitrogen and oxygen atoms in total. The number of fused-ring (bicyclic) bond motifs is 1. The van der Waals surface area contributed by atoms with Gasteiger partial charge in [0, 0.05) is 41.9 Å². The molecule has 1 aliphatic rings. The molecule has 4 rings (SSSR count). The molecule has 1 fully saturated rings. The second-order valence-electron chi connectivity index (χ2n) is 9.84. The lowest BCUT2D eigenvalue weighted by Crippen LogP contribution is -2.28. The van der Waals surface area contributed by atoms with Crippen molar-refractivity contribution in [3.05, 3.63) is 36.2 Å². The van der Waals surface area contributed by atoms with Crippen LogP contribution in [0.25, 0.3) is 10.9 Å². The normalized spacial score (nSPS) is 18.3. The fraction of sp³-hybridized carbons (Fsp3) is 0.480. The number of nitrogens with zero attached hydrogens (tertiary/aromatic N) is 5. The maximum atomic E-state index is 12.5. The van der Waals surface area contributed by atoms with Crippen LogP contribution in [-0.4, -0.2) is 37.5 Å². The van der Waals surface area contributed by atoms with Crippen molar-refractivity contribution in [3.63, 3.8) is 0 Å². The molecule has 0 spiro atoms. The summed E-state index contributed by atoms with van der Waals surface area (Å²) in [5, 5.41) is 21.1. The van der Waals surface area contributed by atoms with Crippen molar-refractivity contribution < 1.29 is 9.53 Å². The summed E-state index contributed by atoms with van der Waals surface area (Å²) in [6.07, 6.45) is 5.96. The summed E-state index contributed by atoms with van der Waals surface area (Å²) in [5.41, 5.74) is 0.857. The minimum absolute atomic E-state index is 0.301. The fourth-order valence-electron chi connectivity index (χ4n) is 4.24. The summed E-state index contributed by atoms with van der Waals surface area (Å²) < 4.78 is 6.67. The highest BCUT2D eigenvalue weighted by Gasteiger charge is 2.23. The molecule has 0 amide bonds. The number of carbonyl (C=O) groups is 1. The number of hydrogen-bond acceptors (Lipinski definition) is 8. The van der Waals surface area contributed by atoms with Gasteiger partial charge in [-0.2, -0.15) is 9.94 Å². The number of aromatic nitrogens is 4. The maximum Gasteiger partial charge on any atom is 0.435 e. The number of pyridine rings is 2. The SMILES string of the molecule is Cc1cc(Nc2cc3ncccc3c(N[C@H]3CC[C@H](CC#N)CC3)n2)nn1C(=O)OC(C)(C)C. The molecule has 0 bridgehead atoms. The highest BCUT2D eigenvalue weighted by Crippen LogP contribution is 2.31. The first kappa shape index (κ1) is 23.5. The van der Waals surface area contributed by atoms with Crippen LogP contribution in [0.2, 0.25) is 0 Å². The summed E-state index contributed by atoms with van der Waals surface area (Å²) in [6.45, 7) is 7.26. The van der Waals surface area contributed by atoms with Gasteiger partial charge >= 0.3 is 6.09 Å². The number of rotatable bonds is 5. The smallest absolute Gasteiger partial charge is 0.435 e. The molecule has 0 aromatic carbocycles. The molecule has 1 saturated carbocycles. The summed E-state index contributed by atoms with van der Waals surface area (Å²) >= 11 is 0. The molecule has 3 heterocycles. The Hall–Kier alpha value is -3.67. The average molecular weight is 462 g/mol. The van der Waals surface area contributed by atoms with Gasteiger partial charge in [-0.25, -0.2) is 9.78 Å². The van der Waals surface area contributed by atoms with Crippen molar-refractivity contribution in [1.82, 2.24) is 19.7 Å². The molecule has 2 N–H and O–H groups in total. The van der Waals surface area contributed by atoms with Gasteiger partial charge in [-0.05, 0) is 71.4 Å². The molecule has 0 saturated heterocycles. The van der Waals surface area contributed by atoms with Gasteiger partial charge in [-0.1, -0.05) is 0 Å². The van der Waals surface area contributed by atoms with E-state index in [1.54, 1.807) is 19.2 Å². The molecule has 0 aliphatic heterocycles. The van der Waals surface area contributed by atoms with E-state index in [1.807, 2.05) is 39.0 Å². The molecule has 3 aromatic rings. The molecular formula is C25H31N7O2. The molecule has 3 aromatic heterocycles. The summed E-state index contributed by atoms with van der Waals surface area (Å²) in [5.74, 6) is 2.33. The minimum atomic E-state index is -0.608. The van der Waals surface area contributed by atoms with Gasteiger partial charge in [0.15, 0.2) is 5.82 Å². The van der Waals surface area contributed by atoms with Crippen molar-refractivity contribution in [3.8, 4) is 6.07 Å². The van der Waals surface area contributed by atoms with Crippen LogP contribution in [0.3, 0.4) is 0 Å². The lowest BCUT2D eigenvalue weighted by atomic mass is 9.84. The van der Waals surface area contributed by atoms with Crippen LogP contribution in [0, 0.1) is 24.2 Å². The molecule has 1 aliphatic carbocycles. The molecular weight excluding hydrogens is 430 g/mol. The van der Waals surface area contributed by atoms with Crippen molar-refractivity contribution in [2.24, 2.45) is 5.92 Å². The fourth-order valence-corrected chi connectivity index (χ4v) is 4.24. The van der Waals surface area contributed by atoms with Crippen LogP contribution in [0.15, 0.2) is 30.5 Å². The molecule has 34 heavy (non-hydrogen) atoms. The quantitative estimate of drug-likeness (QED) is 0.508. The highest BCUT2D eigenvalue weighted by atomic mass is 16.6. The molecule has 178 valence electrons. The number of aryl methyl sites for hydroxylation is 1. The number of nitriles is 1. The number of hydrogen-bond donors (Lipinski definition) is 2. The van der Waals surface area contributed by atoms with E-state index < -0.39 is 11.7 Å². The van der Waals surface area contributed by atoms with E-state index in [2.05, 4.69) is 26.8 Å². The van der Waals surface area contributed by atoms with Crippen molar-refractivity contribution in [2.75, 3.05) is 10.6 Å².